The number of pyridine rings is 1. The predicted molar refractivity (Wildman–Crippen MR) is 227 cm³/mol. The molecule has 9 nitrogen and oxygen atoms in total. The fraction of sp³-hybridized carbons (Fsp3) is 0.467. The molecule has 7 rings (SSSR count). The van der Waals surface area contributed by atoms with Gasteiger partial charge < -0.3 is 14.7 Å². The zero-order valence-electron chi connectivity index (χ0n) is 35.0. The standard InChI is InChI=1S/C45H57N9/c1-28-49-40(4,5)43(10,11)52(28)34-20-16-18-31(22-34)37-25-38(33-24-36(27-46-26-33)54-30(3)51-42(8,9)45(54,14)15)48-39(47-37)32-19-17-21-35(23-32)53-29(2)50-41(6,7)44(53,12)13/h16-27H,1-15H3. The van der Waals surface area contributed by atoms with E-state index in [1.165, 1.54) is 0 Å². The van der Waals surface area contributed by atoms with Crippen molar-refractivity contribution in [2.75, 3.05) is 14.7 Å². The summed E-state index contributed by atoms with van der Waals surface area (Å²) in [7, 11) is 0. The summed E-state index contributed by atoms with van der Waals surface area (Å²) in [6.07, 6.45) is 3.82. The number of hydrogen-bond acceptors (Lipinski definition) is 9. The van der Waals surface area contributed by atoms with Gasteiger partial charge in [0.2, 0.25) is 0 Å². The van der Waals surface area contributed by atoms with E-state index in [1.807, 2.05) is 12.4 Å². The Bertz CT molecular complexity index is 1990. The largest absolute Gasteiger partial charge is 0.322 e. The van der Waals surface area contributed by atoms with Crippen molar-refractivity contribution in [1.29, 1.82) is 0 Å². The normalized spacial score (nSPS) is 21.6. The molecule has 0 radical (unpaired) electrons. The topological polar surface area (TPSA) is 85.5 Å². The fourth-order valence-electron chi connectivity index (χ4n) is 8.49. The number of anilines is 3. The monoisotopic (exact) mass is 723 g/mol. The molecule has 0 saturated carbocycles. The van der Waals surface area contributed by atoms with E-state index in [-0.39, 0.29) is 33.2 Å². The van der Waals surface area contributed by atoms with Crippen LogP contribution in [-0.4, -0.2) is 65.7 Å². The van der Waals surface area contributed by atoms with Crippen molar-refractivity contribution in [3.05, 3.63) is 73.1 Å². The smallest absolute Gasteiger partial charge is 0.160 e. The highest BCUT2D eigenvalue weighted by molar-refractivity contribution is 6.02. The van der Waals surface area contributed by atoms with Gasteiger partial charge in [0.05, 0.1) is 56.5 Å². The molecule has 0 bridgehead atoms. The maximum absolute atomic E-state index is 5.30. The van der Waals surface area contributed by atoms with E-state index >= 15 is 0 Å². The van der Waals surface area contributed by atoms with Crippen LogP contribution in [-0.2, 0) is 0 Å². The lowest BCUT2D eigenvalue weighted by Gasteiger charge is -2.41. The average Bonchev–Trinajstić information content (AvgIpc) is 3.44. The molecule has 3 aliphatic heterocycles. The van der Waals surface area contributed by atoms with Gasteiger partial charge in [-0.1, -0.05) is 24.3 Å². The summed E-state index contributed by atoms with van der Waals surface area (Å²) in [5, 5.41) is 0. The van der Waals surface area contributed by atoms with E-state index in [1.54, 1.807) is 0 Å². The highest BCUT2D eigenvalue weighted by Crippen LogP contribution is 2.44. The first-order valence-corrected chi connectivity index (χ1v) is 19.1. The molecular weight excluding hydrogens is 667 g/mol. The Morgan fingerprint density at radius 2 is 0.815 bits per heavy atom. The average molecular weight is 724 g/mol. The van der Waals surface area contributed by atoms with E-state index in [2.05, 4.69) is 179 Å². The molecule has 0 atom stereocenters. The molecule has 0 unspecified atom stereocenters. The molecule has 0 saturated heterocycles. The maximum Gasteiger partial charge on any atom is 0.160 e. The third-order valence-corrected chi connectivity index (χ3v) is 13.2. The molecule has 0 amide bonds. The van der Waals surface area contributed by atoms with Crippen LogP contribution in [0.1, 0.15) is 104 Å². The summed E-state index contributed by atoms with van der Waals surface area (Å²) in [4.78, 5) is 37.5. The molecule has 0 aliphatic carbocycles. The van der Waals surface area contributed by atoms with Crippen LogP contribution in [0.15, 0.2) is 88.0 Å². The number of benzene rings is 2. The van der Waals surface area contributed by atoms with E-state index < -0.39 is 0 Å². The lowest BCUT2D eigenvalue weighted by Crippen LogP contribution is -2.53. The molecule has 4 aromatic rings. The first-order valence-electron chi connectivity index (χ1n) is 19.1. The van der Waals surface area contributed by atoms with Gasteiger partial charge in [-0.3, -0.25) is 20.0 Å². The first kappa shape index (κ1) is 37.4. The van der Waals surface area contributed by atoms with E-state index in [0.717, 1.165) is 62.6 Å². The fourth-order valence-corrected chi connectivity index (χ4v) is 8.49. The molecule has 5 heterocycles. The van der Waals surface area contributed by atoms with Crippen LogP contribution in [0, 0.1) is 0 Å². The molecular formula is C45H57N9. The maximum atomic E-state index is 5.30. The summed E-state index contributed by atoms with van der Waals surface area (Å²) >= 11 is 0. The van der Waals surface area contributed by atoms with Gasteiger partial charge in [-0.25, -0.2) is 9.97 Å². The van der Waals surface area contributed by atoms with Gasteiger partial charge in [0.1, 0.15) is 17.5 Å². The molecule has 0 spiro atoms. The minimum absolute atomic E-state index is 0.219. The summed E-state index contributed by atoms with van der Waals surface area (Å²) < 4.78 is 0. The highest BCUT2D eigenvalue weighted by atomic mass is 15.3. The molecule has 2 aromatic carbocycles. The Morgan fingerprint density at radius 3 is 1.26 bits per heavy atom. The second-order valence-corrected chi connectivity index (χ2v) is 18.3. The summed E-state index contributed by atoms with van der Waals surface area (Å²) in [5.74, 6) is 3.62. The quantitative estimate of drug-likeness (QED) is 0.197. The number of nitrogens with zero attached hydrogens (tertiary/aromatic N) is 9. The van der Waals surface area contributed by atoms with Crippen molar-refractivity contribution in [1.82, 2.24) is 15.0 Å². The third-order valence-electron chi connectivity index (χ3n) is 13.2. The van der Waals surface area contributed by atoms with Gasteiger partial charge in [-0.15, -0.1) is 0 Å². The Labute approximate surface area is 322 Å². The number of aromatic nitrogens is 3. The Balaban J connectivity index is 1.38. The summed E-state index contributed by atoms with van der Waals surface area (Å²) in [6.45, 7) is 33.0. The highest BCUT2D eigenvalue weighted by Gasteiger charge is 2.50. The molecule has 282 valence electrons. The minimum atomic E-state index is -0.261. The number of aliphatic imine (C=N–C) groups is 3. The molecule has 0 N–H and O–H groups in total. The molecule has 3 aliphatic rings. The minimum Gasteiger partial charge on any atom is -0.322 e. The lowest BCUT2D eigenvalue weighted by molar-refractivity contribution is 0.338. The zero-order chi connectivity index (χ0) is 39.4. The number of rotatable bonds is 6. The van der Waals surface area contributed by atoms with Crippen LogP contribution in [0.2, 0.25) is 0 Å². The van der Waals surface area contributed by atoms with Crippen LogP contribution in [0.5, 0.6) is 0 Å². The van der Waals surface area contributed by atoms with Gasteiger partial charge in [-0.05, 0) is 140 Å². The summed E-state index contributed by atoms with van der Waals surface area (Å²) in [5.41, 5.74) is 6.16. The van der Waals surface area contributed by atoms with Gasteiger partial charge in [0.15, 0.2) is 5.82 Å². The van der Waals surface area contributed by atoms with Crippen LogP contribution in [0.25, 0.3) is 33.9 Å². The predicted octanol–water partition coefficient (Wildman–Crippen LogP) is 10.3. The SMILES string of the molecule is CC1=NC(C)(C)C(C)(C)N1c1cccc(-c2cc(-c3cncc(N4C(C)=NC(C)(C)C4(C)C)c3)nc(-c3cccc(N4C(C)=NC(C)(C)C4(C)C)c3)n2)c1. The Kier molecular flexibility index (Phi) is 8.34. The number of hydrogen-bond donors (Lipinski definition) is 0. The number of amidine groups is 3. The third kappa shape index (κ3) is 5.64. The van der Waals surface area contributed by atoms with Gasteiger partial charge >= 0.3 is 0 Å². The van der Waals surface area contributed by atoms with Crippen LogP contribution in [0.4, 0.5) is 17.1 Å². The van der Waals surface area contributed by atoms with Crippen molar-refractivity contribution in [2.24, 2.45) is 15.0 Å². The molecule has 2 aromatic heterocycles. The summed E-state index contributed by atoms with van der Waals surface area (Å²) in [6, 6.07) is 21.5. The molecule has 0 fully saturated rings. The van der Waals surface area contributed by atoms with Crippen molar-refractivity contribution in [3.8, 4) is 33.9 Å². The lowest BCUT2D eigenvalue weighted by atomic mass is 9.83. The van der Waals surface area contributed by atoms with Crippen molar-refractivity contribution < 1.29 is 0 Å². The van der Waals surface area contributed by atoms with Crippen LogP contribution in [0.3, 0.4) is 0 Å². The Hall–Kier alpha value is -4.92. The van der Waals surface area contributed by atoms with Crippen LogP contribution < -0.4 is 14.7 Å². The zero-order valence-corrected chi connectivity index (χ0v) is 35.0. The van der Waals surface area contributed by atoms with Gasteiger partial charge in [0, 0.05) is 34.3 Å². The van der Waals surface area contributed by atoms with Crippen molar-refractivity contribution in [3.63, 3.8) is 0 Å². The van der Waals surface area contributed by atoms with E-state index in [0.29, 0.717) is 5.82 Å². The molecule has 54 heavy (non-hydrogen) atoms. The van der Waals surface area contributed by atoms with Crippen molar-refractivity contribution in [2.45, 2.75) is 137 Å². The second kappa shape index (κ2) is 12.0. The first-order chi connectivity index (χ1) is 25.0. The van der Waals surface area contributed by atoms with E-state index in [4.69, 9.17) is 29.9 Å². The van der Waals surface area contributed by atoms with Crippen molar-refractivity contribution >= 4 is 34.6 Å². The van der Waals surface area contributed by atoms with Gasteiger partial charge in [-0.2, -0.15) is 0 Å². The van der Waals surface area contributed by atoms with E-state index in [9.17, 15) is 0 Å². The second-order valence-electron chi connectivity index (χ2n) is 18.3. The van der Waals surface area contributed by atoms with Crippen LogP contribution >= 0.6 is 0 Å². The molecule has 9 heteroatoms. The van der Waals surface area contributed by atoms with Gasteiger partial charge in [0.25, 0.3) is 0 Å². The Morgan fingerprint density at radius 1 is 0.426 bits per heavy atom.